The first-order valence-corrected chi connectivity index (χ1v) is 6.36. The van der Waals surface area contributed by atoms with Gasteiger partial charge in [-0.25, -0.2) is 0 Å². The molecule has 1 N–H and O–H groups in total. The van der Waals surface area contributed by atoms with Crippen molar-refractivity contribution in [1.82, 2.24) is 10.3 Å². The Labute approximate surface area is 113 Å². The van der Waals surface area contributed by atoms with Crippen LogP contribution < -0.4 is 5.32 Å². The molecule has 3 nitrogen and oxygen atoms in total. The van der Waals surface area contributed by atoms with Crippen LogP contribution in [0.3, 0.4) is 0 Å². The van der Waals surface area contributed by atoms with Crippen LogP contribution >= 0.6 is 0 Å². The van der Waals surface area contributed by atoms with Gasteiger partial charge >= 0.3 is 0 Å². The first-order chi connectivity index (χ1) is 9.08. The minimum Gasteiger partial charge on any atom is -0.346 e. The molecule has 0 bridgehead atoms. The average molecular weight is 254 g/mol. The zero-order chi connectivity index (χ0) is 13.8. The Morgan fingerprint density at radius 2 is 1.79 bits per heavy atom. The molecule has 3 heteroatoms. The molecule has 1 atom stereocenters. The molecule has 1 amide bonds. The molecule has 98 valence electrons. The Morgan fingerprint density at radius 1 is 1.11 bits per heavy atom. The fourth-order valence-electron chi connectivity index (χ4n) is 1.90. The number of carbonyl (C=O) groups excluding carboxylic acids is 1. The molecule has 19 heavy (non-hydrogen) atoms. The fraction of sp³-hybridized carbons (Fsp3) is 0.250. The van der Waals surface area contributed by atoms with Gasteiger partial charge in [-0.1, -0.05) is 18.2 Å². The number of carbonyl (C=O) groups is 1. The molecule has 0 aliphatic heterocycles. The predicted octanol–water partition coefficient (Wildman–Crippen LogP) is 3.19. The molecule has 0 saturated carbocycles. The maximum Gasteiger partial charge on any atom is 0.251 e. The summed E-state index contributed by atoms with van der Waals surface area (Å²) in [5.41, 5.74) is 4.25. The highest BCUT2D eigenvalue weighted by Gasteiger charge is 2.11. The van der Waals surface area contributed by atoms with E-state index in [9.17, 15) is 4.79 Å². The SMILES string of the molecule is Cc1ccc([C@H](C)NC(=O)c2ccncc2)cc1C. The summed E-state index contributed by atoms with van der Waals surface area (Å²) in [6, 6.07) is 9.66. The lowest BCUT2D eigenvalue weighted by Gasteiger charge is -2.15. The second-order valence-electron chi connectivity index (χ2n) is 4.77. The van der Waals surface area contributed by atoms with Crippen LogP contribution in [-0.4, -0.2) is 10.9 Å². The second-order valence-corrected chi connectivity index (χ2v) is 4.77. The predicted molar refractivity (Wildman–Crippen MR) is 76.0 cm³/mol. The van der Waals surface area contributed by atoms with Crippen LogP contribution in [0.15, 0.2) is 42.7 Å². The first-order valence-electron chi connectivity index (χ1n) is 6.36. The van der Waals surface area contributed by atoms with Gasteiger partial charge in [0.25, 0.3) is 5.91 Å². The van der Waals surface area contributed by atoms with Crippen LogP contribution in [0.4, 0.5) is 0 Å². The van der Waals surface area contributed by atoms with Crippen molar-refractivity contribution in [1.29, 1.82) is 0 Å². The van der Waals surface area contributed by atoms with Gasteiger partial charge in [-0.15, -0.1) is 0 Å². The molecule has 2 rings (SSSR count). The van der Waals surface area contributed by atoms with E-state index in [-0.39, 0.29) is 11.9 Å². The van der Waals surface area contributed by atoms with E-state index in [4.69, 9.17) is 0 Å². The van der Waals surface area contributed by atoms with E-state index in [2.05, 4.69) is 42.3 Å². The van der Waals surface area contributed by atoms with E-state index in [1.165, 1.54) is 11.1 Å². The molecule has 0 fully saturated rings. The fourth-order valence-corrected chi connectivity index (χ4v) is 1.90. The minimum absolute atomic E-state index is 0.0139. The Hall–Kier alpha value is -2.16. The normalized spacial score (nSPS) is 11.9. The highest BCUT2D eigenvalue weighted by molar-refractivity contribution is 5.94. The van der Waals surface area contributed by atoms with Crippen molar-refractivity contribution in [2.45, 2.75) is 26.8 Å². The minimum atomic E-state index is -0.0758. The zero-order valence-electron chi connectivity index (χ0n) is 11.5. The standard InChI is InChI=1S/C16H18N2O/c1-11-4-5-15(10-12(11)2)13(3)18-16(19)14-6-8-17-9-7-14/h4-10,13H,1-3H3,(H,18,19)/t13-/m0/s1. The lowest BCUT2D eigenvalue weighted by Crippen LogP contribution is -2.26. The van der Waals surface area contributed by atoms with Crippen molar-refractivity contribution in [3.05, 3.63) is 65.0 Å². The quantitative estimate of drug-likeness (QED) is 0.914. The van der Waals surface area contributed by atoms with Crippen LogP contribution in [0.25, 0.3) is 0 Å². The summed E-state index contributed by atoms with van der Waals surface area (Å²) in [6.07, 6.45) is 3.24. The van der Waals surface area contributed by atoms with Crippen molar-refractivity contribution in [3.8, 4) is 0 Å². The number of aryl methyl sites for hydroxylation is 2. The largest absolute Gasteiger partial charge is 0.346 e. The van der Waals surface area contributed by atoms with Crippen LogP contribution in [0.5, 0.6) is 0 Å². The number of amides is 1. The molecule has 0 aliphatic rings. The van der Waals surface area contributed by atoms with Gasteiger partial charge < -0.3 is 5.32 Å². The number of hydrogen-bond acceptors (Lipinski definition) is 2. The lowest BCUT2D eigenvalue weighted by molar-refractivity contribution is 0.0940. The third-order valence-corrected chi connectivity index (χ3v) is 3.32. The maximum atomic E-state index is 12.0. The van der Waals surface area contributed by atoms with E-state index < -0.39 is 0 Å². The third kappa shape index (κ3) is 3.19. The third-order valence-electron chi connectivity index (χ3n) is 3.32. The molecule has 1 heterocycles. The van der Waals surface area contributed by atoms with Gasteiger partial charge in [0.2, 0.25) is 0 Å². The molecule has 1 aromatic heterocycles. The number of rotatable bonds is 3. The Bertz CT molecular complexity index is 579. The van der Waals surface area contributed by atoms with Gasteiger partial charge in [-0.3, -0.25) is 9.78 Å². The van der Waals surface area contributed by atoms with Crippen molar-refractivity contribution < 1.29 is 4.79 Å². The topological polar surface area (TPSA) is 42.0 Å². The van der Waals surface area contributed by atoms with Gasteiger partial charge in [0.05, 0.1) is 6.04 Å². The van der Waals surface area contributed by atoms with E-state index >= 15 is 0 Å². The smallest absolute Gasteiger partial charge is 0.251 e. The van der Waals surface area contributed by atoms with E-state index in [0.717, 1.165) is 5.56 Å². The highest BCUT2D eigenvalue weighted by atomic mass is 16.1. The maximum absolute atomic E-state index is 12.0. The average Bonchev–Trinajstić information content (AvgIpc) is 2.42. The molecule has 0 saturated heterocycles. The summed E-state index contributed by atoms with van der Waals surface area (Å²) in [6.45, 7) is 6.15. The lowest BCUT2D eigenvalue weighted by atomic mass is 10.0. The van der Waals surface area contributed by atoms with Crippen molar-refractivity contribution in [3.63, 3.8) is 0 Å². The summed E-state index contributed by atoms with van der Waals surface area (Å²) < 4.78 is 0. The summed E-state index contributed by atoms with van der Waals surface area (Å²) in [4.78, 5) is 15.9. The van der Waals surface area contributed by atoms with Gasteiger partial charge in [0.1, 0.15) is 0 Å². The van der Waals surface area contributed by atoms with Crippen molar-refractivity contribution in [2.24, 2.45) is 0 Å². The number of benzene rings is 1. The molecular formula is C16H18N2O. The number of nitrogens with one attached hydrogen (secondary N) is 1. The molecular weight excluding hydrogens is 236 g/mol. The van der Waals surface area contributed by atoms with Gasteiger partial charge in [0.15, 0.2) is 0 Å². The Kier molecular flexibility index (Phi) is 3.95. The molecule has 0 aliphatic carbocycles. The summed E-state index contributed by atoms with van der Waals surface area (Å²) in [5.74, 6) is -0.0758. The monoisotopic (exact) mass is 254 g/mol. The van der Waals surface area contributed by atoms with Gasteiger partial charge in [-0.2, -0.15) is 0 Å². The Morgan fingerprint density at radius 3 is 2.42 bits per heavy atom. The van der Waals surface area contributed by atoms with Crippen LogP contribution in [0, 0.1) is 13.8 Å². The molecule has 2 aromatic rings. The molecule has 0 radical (unpaired) electrons. The van der Waals surface area contributed by atoms with E-state index in [1.54, 1.807) is 24.5 Å². The van der Waals surface area contributed by atoms with Crippen LogP contribution in [0.1, 0.15) is 40.0 Å². The first kappa shape index (κ1) is 13.3. The number of nitrogens with zero attached hydrogens (tertiary/aromatic N) is 1. The van der Waals surface area contributed by atoms with E-state index in [0.29, 0.717) is 5.56 Å². The Balaban J connectivity index is 2.10. The number of pyridine rings is 1. The van der Waals surface area contributed by atoms with Crippen molar-refractivity contribution >= 4 is 5.91 Å². The molecule has 0 unspecified atom stereocenters. The summed E-state index contributed by atoms with van der Waals surface area (Å²) >= 11 is 0. The number of aromatic nitrogens is 1. The molecule has 0 spiro atoms. The van der Waals surface area contributed by atoms with Crippen molar-refractivity contribution in [2.75, 3.05) is 0 Å². The van der Waals surface area contributed by atoms with Crippen LogP contribution in [-0.2, 0) is 0 Å². The second kappa shape index (κ2) is 5.65. The highest BCUT2D eigenvalue weighted by Crippen LogP contribution is 2.17. The zero-order valence-corrected chi connectivity index (χ0v) is 11.5. The molecule has 1 aromatic carbocycles. The van der Waals surface area contributed by atoms with E-state index in [1.807, 2.05) is 6.92 Å². The number of hydrogen-bond donors (Lipinski definition) is 1. The summed E-state index contributed by atoms with van der Waals surface area (Å²) in [5, 5.41) is 2.99. The van der Waals surface area contributed by atoms with Gasteiger partial charge in [-0.05, 0) is 49.6 Å². The van der Waals surface area contributed by atoms with Crippen LogP contribution in [0.2, 0.25) is 0 Å². The van der Waals surface area contributed by atoms with Gasteiger partial charge in [0, 0.05) is 18.0 Å². The summed E-state index contributed by atoms with van der Waals surface area (Å²) in [7, 11) is 0.